The van der Waals surface area contributed by atoms with Gasteiger partial charge in [0, 0.05) is 22.2 Å². The number of nitrogens with zero attached hydrogens (tertiary/aromatic N) is 3. The van der Waals surface area contributed by atoms with Crippen molar-refractivity contribution in [1.29, 1.82) is 0 Å². The molecule has 33 heavy (non-hydrogen) atoms. The Balaban J connectivity index is 1.69. The maximum absolute atomic E-state index is 13.5. The molecule has 4 aromatic rings. The van der Waals surface area contributed by atoms with Gasteiger partial charge in [0.05, 0.1) is 11.6 Å². The molecule has 0 N–H and O–H groups in total. The molecule has 0 unspecified atom stereocenters. The molecule has 0 aliphatic carbocycles. The number of aromatic nitrogens is 2. The van der Waals surface area contributed by atoms with E-state index in [4.69, 9.17) is 39.2 Å². The van der Waals surface area contributed by atoms with Gasteiger partial charge in [0.1, 0.15) is 10.7 Å². The highest BCUT2D eigenvalue weighted by Gasteiger charge is 2.29. The first-order chi connectivity index (χ1) is 15.7. The summed E-state index contributed by atoms with van der Waals surface area (Å²) in [5.41, 5.74) is 1.18. The van der Waals surface area contributed by atoms with E-state index < -0.39 is 15.8 Å². The summed E-state index contributed by atoms with van der Waals surface area (Å²) in [4.78, 5) is -0.170. The van der Waals surface area contributed by atoms with Gasteiger partial charge in [-0.1, -0.05) is 46.9 Å². The van der Waals surface area contributed by atoms with Crippen LogP contribution in [0.5, 0.6) is 0 Å². The Bertz CT molecular complexity index is 1380. The van der Waals surface area contributed by atoms with Gasteiger partial charge < -0.3 is 4.42 Å². The van der Waals surface area contributed by atoms with E-state index in [1.807, 2.05) is 0 Å². The average Bonchev–Trinajstić information content (AvgIpc) is 3.25. The lowest BCUT2D eigenvalue weighted by molar-refractivity contribution is 0.352. The van der Waals surface area contributed by atoms with Gasteiger partial charge in [-0.2, -0.15) is 4.31 Å². The van der Waals surface area contributed by atoms with E-state index in [0.717, 1.165) is 4.31 Å². The fraction of sp³-hybridized carbons (Fsp3) is 0.0909. The normalized spacial score (nSPS) is 11.8. The predicted octanol–water partition coefficient (Wildman–Crippen LogP) is 6.23. The van der Waals surface area contributed by atoms with Gasteiger partial charge in [-0.15, -0.1) is 10.2 Å². The fourth-order valence-electron chi connectivity index (χ4n) is 3.01. The zero-order valence-electron chi connectivity index (χ0n) is 16.8. The smallest absolute Gasteiger partial charge is 0.247 e. The molecule has 6 nitrogen and oxygen atoms in total. The van der Waals surface area contributed by atoms with E-state index in [9.17, 15) is 12.8 Å². The van der Waals surface area contributed by atoms with Gasteiger partial charge in [0.2, 0.25) is 21.8 Å². The van der Waals surface area contributed by atoms with E-state index in [1.165, 1.54) is 42.5 Å². The van der Waals surface area contributed by atoms with E-state index in [1.54, 1.807) is 24.3 Å². The molecule has 0 fully saturated rings. The van der Waals surface area contributed by atoms with Gasteiger partial charge in [0.25, 0.3) is 0 Å². The largest absolute Gasteiger partial charge is 0.419 e. The van der Waals surface area contributed by atoms with Gasteiger partial charge in [-0.05, 0) is 60.2 Å². The van der Waals surface area contributed by atoms with Gasteiger partial charge in [-0.3, -0.25) is 0 Å². The fourth-order valence-corrected chi connectivity index (χ4v) is 5.25. The van der Waals surface area contributed by atoms with Crippen molar-refractivity contribution in [3.8, 4) is 11.5 Å². The van der Waals surface area contributed by atoms with Crippen LogP contribution >= 0.6 is 34.8 Å². The highest BCUT2D eigenvalue weighted by atomic mass is 35.5. The molecular weight excluding hydrogens is 512 g/mol. The van der Waals surface area contributed by atoms with Crippen LogP contribution in [0, 0.1) is 5.82 Å². The minimum Gasteiger partial charge on any atom is -0.419 e. The molecule has 0 bridgehead atoms. The van der Waals surface area contributed by atoms with Crippen molar-refractivity contribution in [1.82, 2.24) is 14.5 Å². The standard InChI is InChI=1S/C22H15Cl3FN3O3S/c23-16-5-3-15(4-6-16)22-28-27-21(32-22)13-29(12-14-1-8-18(26)9-2-14)33(30,31)20-11-17(24)7-10-19(20)25/h1-11H,12-13H2. The Morgan fingerprint density at radius 1 is 0.848 bits per heavy atom. The molecule has 0 amide bonds. The topological polar surface area (TPSA) is 76.3 Å². The Morgan fingerprint density at radius 3 is 2.21 bits per heavy atom. The van der Waals surface area contributed by atoms with E-state index in [0.29, 0.717) is 16.1 Å². The summed E-state index contributed by atoms with van der Waals surface area (Å²) in [5, 5.41) is 8.75. The zero-order chi connectivity index (χ0) is 23.6. The van der Waals surface area contributed by atoms with Crippen LogP contribution in [0.3, 0.4) is 0 Å². The van der Waals surface area contributed by atoms with Crippen molar-refractivity contribution >= 4 is 44.8 Å². The summed E-state index contributed by atoms with van der Waals surface area (Å²) < 4.78 is 47.1. The van der Waals surface area contributed by atoms with Crippen LogP contribution in [-0.2, 0) is 23.1 Å². The van der Waals surface area contributed by atoms with E-state index in [2.05, 4.69) is 10.2 Å². The quantitative estimate of drug-likeness (QED) is 0.285. The molecule has 0 atom stereocenters. The zero-order valence-corrected chi connectivity index (χ0v) is 19.8. The number of hydrogen-bond donors (Lipinski definition) is 0. The summed E-state index contributed by atoms with van der Waals surface area (Å²) in [5.74, 6) is -0.166. The third-order valence-electron chi connectivity index (χ3n) is 4.65. The molecule has 0 spiro atoms. The Morgan fingerprint density at radius 2 is 1.52 bits per heavy atom. The summed E-state index contributed by atoms with van der Waals surface area (Å²) in [6, 6.07) is 16.4. The van der Waals surface area contributed by atoms with Crippen molar-refractivity contribution < 1.29 is 17.2 Å². The monoisotopic (exact) mass is 525 g/mol. The molecule has 0 radical (unpaired) electrons. The molecule has 0 saturated carbocycles. The molecule has 170 valence electrons. The SMILES string of the molecule is O=S(=O)(c1cc(Cl)ccc1Cl)N(Cc1ccc(F)cc1)Cc1nnc(-c2ccc(Cl)cc2)o1. The van der Waals surface area contributed by atoms with Crippen molar-refractivity contribution in [3.05, 3.63) is 99.1 Å². The Hall–Kier alpha value is -2.49. The highest BCUT2D eigenvalue weighted by Crippen LogP contribution is 2.30. The molecule has 4 rings (SSSR count). The molecule has 3 aromatic carbocycles. The molecule has 0 aliphatic heterocycles. The summed E-state index contributed by atoms with van der Waals surface area (Å²) >= 11 is 18.1. The second-order valence-corrected chi connectivity index (χ2v) is 10.2. The van der Waals surface area contributed by atoms with Gasteiger partial charge in [0.15, 0.2) is 0 Å². The second kappa shape index (κ2) is 9.79. The van der Waals surface area contributed by atoms with Crippen molar-refractivity contribution in [3.63, 3.8) is 0 Å². The maximum atomic E-state index is 13.5. The van der Waals surface area contributed by atoms with Crippen LogP contribution < -0.4 is 0 Å². The summed E-state index contributed by atoms with van der Waals surface area (Å²) in [7, 11) is -4.14. The van der Waals surface area contributed by atoms with Crippen LogP contribution in [0.25, 0.3) is 11.5 Å². The molecule has 1 aromatic heterocycles. The lowest BCUT2D eigenvalue weighted by Gasteiger charge is -2.21. The molecule has 11 heteroatoms. The number of benzene rings is 3. The summed E-state index contributed by atoms with van der Waals surface area (Å²) in [6.07, 6.45) is 0. The molecular formula is C22H15Cl3FN3O3S. The van der Waals surface area contributed by atoms with E-state index >= 15 is 0 Å². The number of halogens is 4. The predicted molar refractivity (Wildman–Crippen MR) is 124 cm³/mol. The first-order valence-corrected chi connectivity index (χ1v) is 12.1. The summed E-state index contributed by atoms with van der Waals surface area (Å²) in [6.45, 7) is -0.340. The number of rotatable bonds is 7. The highest BCUT2D eigenvalue weighted by molar-refractivity contribution is 7.89. The molecule has 0 saturated heterocycles. The van der Waals surface area contributed by atoms with Crippen LogP contribution in [0.1, 0.15) is 11.5 Å². The van der Waals surface area contributed by atoms with Crippen molar-refractivity contribution in [2.45, 2.75) is 18.0 Å². The molecule has 1 heterocycles. The lowest BCUT2D eigenvalue weighted by Crippen LogP contribution is -2.30. The Labute approximate surface area is 204 Å². The first-order valence-electron chi connectivity index (χ1n) is 9.50. The minimum absolute atomic E-state index is 0.0101. The second-order valence-electron chi connectivity index (χ2n) is 6.98. The average molecular weight is 527 g/mol. The van der Waals surface area contributed by atoms with Gasteiger partial charge >= 0.3 is 0 Å². The van der Waals surface area contributed by atoms with Crippen LogP contribution in [-0.4, -0.2) is 22.9 Å². The Kier molecular flexibility index (Phi) is 7.02. The van der Waals surface area contributed by atoms with Crippen LogP contribution in [0.2, 0.25) is 15.1 Å². The number of sulfonamides is 1. The number of hydrogen-bond acceptors (Lipinski definition) is 5. The van der Waals surface area contributed by atoms with Crippen molar-refractivity contribution in [2.75, 3.05) is 0 Å². The maximum Gasteiger partial charge on any atom is 0.247 e. The third kappa shape index (κ3) is 5.54. The van der Waals surface area contributed by atoms with Crippen LogP contribution in [0.4, 0.5) is 4.39 Å². The first kappa shape index (κ1) is 23.7. The van der Waals surface area contributed by atoms with E-state index in [-0.39, 0.29) is 39.8 Å². The molecule has 0 aliphatic rings. The third-order valence-corrected chi connectivity index (χ3v) is 7.41. The van der Waals surface area contributed by atoms with Crippen molar-refractivity contribution in [2.24, 2.45) is 0 Å². The van der Waals surface area contributed by atoms with Crippen LogP contribution in [0.15, 0.2) is 76.0 Å². The lowest BCUT2D eigenvalue weighted by atomic mass is 10.2. The van der Waals surface area contributed by atoms with Gasteiger partial charge in [-0.25, -0.2) is 12.8 Å². The minimum atomic E-state index is -4.14.